The third-order valence-electron chi connectivity index (χ3n) is 3.67. The summed E-state index contributed by atoms with van der Waals surface area (Å²) in [5.41, 5.74) is 2.22. The maximum absolute atomic E-state index is 12.6. The molecule has 0 saturated heterocycles. The fourth-order valence-electron chi connectivity index (χ4n) is 2.61. The fourth-order valence-corrected chi connectivity index (χ4v) is 4.37. The van der Waals surface area contributed by atoms with Crippen molar-refractivity contribution >= 4 is 15.6 Å². The molecule has 102 valence electrons. The highest BCUT2D eigenvalue weighted by Crippen LogP contribution is 2.30. The molecule has 1 aliphatic carbocycles. The van der Waals surface area contributed by atoms with Crippen LogP contribution in [-0.4, -0.2) is 19.5 Å². The Morgan fingerprint density at radius 3 is 2.50 bits per heavy atom. The molecule has 0 saturated carbocycles. The molecule has 1 unspecified atom stereocenters. The lowest BCUT2D eigenvalue weighted by atomic mass is 10.1. The normalized spacial score (nSPS) is 18.1. The lowest BCUT2D eigenvalue weighted by Crippen LogP contribution is -2.27. The van der Waals surface area contributed by atoms with Crippen LogP contribution in [0.25, 0.3) is 0 Å². The Morgan fingerprint density at radius 2 is 1.80 bits per heavy atom. The Balaban J connectivity index is 2.05. The van der Waals surface area contributed by atoms with Gasteiger partial charge in [0, 0.05) is 5.56 Å². The molecule has 0 aliphatic heterocycles. The van der Waals surface area contributed by atoms with Crippen molar-refractivity contribution in [3.05, 3.63) is 65.2 Å². The van der Waals surface area contributed by atoms with E-state index in [-0.39, 0.29) is 17.1 Å². The zero-order valence-corrected chi connectivity index (χ0v) is 11.9. The molecule has 4 heteroatoms. The molecule has 3 nitrogen and oxygen atoms in total. The van der Waals surface area contributed by atoms with Crippen LogP contribution in [0.1, 0.15) is 21.5 Å². The highest BCUT2D eigenvalue weighted by molar-refractivity contribution is 7.92. The second-order valence-corrected chi connectivity index (χ2v) is 7.21. The third-order valence-corrected chi connectivity index (χ3v) is 5.71. The highest BCUT2D eigenvalue weighted by Gasteiger charge is 2.40. The van der Waals surface area contributed by atoms with Crippen LogP contribution in [0.15, 0.2) is 53.4 Å². The van der Waals surface area contributed by atoms with Crippen molar-refractivity contribution in [3.63, 3.8) is 0 Å². The van der Waals surface area contributed by atoms with Gasteiger partial charge in [-0.05, 0) is 36.6 Å². The predicted molar refractivity (Wildman–Crippen MR) is 76.6 cm³/mol. The Morgan fingerprint density at radius 1 is 1.05 bits per heavy atom. The topological polar surface area (TPSA) is 51.2 Å². The molecule has 0 heterocycles. The smallest absolute Gasteiger partial charge is 0.189 e. The second-order valence-electron chi connectivity index (χ2n) is 5.08. The number of rotatable bonds is 2. The number of Topliss-reactive ketones (excluding diaryl/α,β-unsaturated/α-hetero) is 1. The second kappa shape index (κ2) is 4.56. The van der Waals surface area contributed by atoms with Crippen molar-refractivity contribution in [2.45, 2.75) is 23.5 Å². The summed E-state index contributed by atoms with van der Waals surface area (Å²) in [6.07, 6.45) is 0.269. The van der Waals surface area contributed by atoms with Gasteiger partial charge >= 0.3 is 0 Å². The lowest BCUT2D eigenvalue weighted by molar-refractivity contribution is 0.0998. The molecule has 2 aromatic carbocycles. The minimum absolute atomic E-state index is 0.226. The summed E-state index contributed by atoms with van der Waals surface area (Å²) in [6, 6.07) is 13.8. The summed E-state index contributed by atoms with van der Waals surface area (Å²) in [5, 5.41) is -0.985. The number of sulfone groups is 1. The summed E-state index contributed by atoms with van der Waals surface area (Å²) < 4.78 is 25.3. The maximum atomic E-state index is 12.6. The van der Waals surface area contributed by atoms with Gasteiger partial charge in [-0.25, -0.2) is 8.42 Å². The number of hydrogen-bond acceptors (Lipinski definition) is 3. The van der Waals surface area contributed by atoms with Crippen LogP contribution < -0.4 is 0 Å². The first-order valence-electron chi connectivity index (χ1n) is 6.43. The summed E-state index contributed by atoms with van der Waals surface area (Å²) >= 11 is 0. The van der Waals surface area contributed by atoms with Gasteiger partial charge in [0.1, 0.15) is 5.25 Å². The molecule has 3 rings (SSSR count). The molecule has 0 fully saturated rings. The highest BCUT2D eigenvalue weighted by atomic mass is 32.2. The van der Waals surface area contributed by atoms with Gasteiger partial charge in [-0.2, -0.15) is 0 Å². The van der Waals surface area contributed by atoms with Crippen molar-refractivity contribution in [2.24, 2.45) is 0 Å². The van der Waals surface area contributed by atoms with Gasteiger partial charge in [-0.1, -0.05) is 36.4 Å². The van der Waals surface area contributed by atoms with E-state index in [1.54, 1.807) is 30.3 Å². The Kier molecular flexibility index (Phi) is 2.98. The fraction of sp³-hybridized carbons (Fsp3) is 0.188. The molecule has 2 aromatic rings. The maximum Gasteiger partial charge on any atom is 0.189 e. The van der Waals surface area contributed by atoms with Crippen LogP contribution in [0.3, 0.4) is 0 Å². The van der Waals surface area contributed by atoms with Crippen LogP contribution in [-0.2, 0) is 16.3 Å². The number of aryl methyl sites for hydroxylation is 1. The van der Waals surface area contributed by atoms with E-state index in [2.05, 4.69) is 0 Å². The molecule has 0 radical (unpaired) electrons. The van der Waals surface area contributed by atoms with Crippen LogP contribution >= 0.6 is 0 Å². The van der Waals surface area contributed by atoms with Crippen LogP contribution in [0.4, 0.5) is 0 Å². The van der Waals surface area contributed by atoms with E-state index < -0.39 is 15.1 Å². The van der Waals surface area contributed by atoms with E-state index in [0.717, 1.165) is 11.1 Å². The van der Waals surface area contributed by atoms with E-state index >= 15 is 0 Å². The van der Waals surface area contributed by atoms with E-state index in [0.29, 0.717) is 5.56 Å². The number of carbonyl (C=O) groups excluding carboxylic acids is 1. The minimum atomic E-state index is -3.63. The third kappa shape index (κ3) is 1.96. The van der Waals surface area contributed by atoms with Crippen LogP contribution in [0.5, 0.6) is 0 Å². The minimum Gasteiger partial charge on any atom is -0.293 e. The van der Waals surface area contributed by atoms with Crippen LogP contribution in [0.2, 0.25) is 0 Å². The largest absolute Gasteiger partial charge is 0.293 e. The number of fused-ring (bicyclic) bond motifs is 1. The average molecular weight is 286 g/mol. The van der Waals surface area contributed by atoms with Gasteiger partial charge in [0.05, 0.1) is 4.90 Å². The van der Waals surface area contributed by atoms with Crippen molar-refractivity contribution in [3.8, 4) is 0 Å². The molecule has 0 bridgehead atoms. The molecule has 0 N–H and O–H groups in total. The molecular weight excluding hydrogens is 272 g/mol. The summed E-state index contributed by atoms with van der Waals surface area (Å²) in [5.74, 6) is -0.290. The van der Waals surface area contributed by atoms with E-state index in [9.17, 15) is 13.2 Å². The van der Waals surface area contributed by atoms with Gasteiger partial charge in [0.25, 0.3) is 0 Å². The molecule has 0 spiro atoms. The van der Waals surface area contributed by atoms with E-state index in [4.69, 9.17) is 0 Å². The quantitative estimate of drug-likeness (QED) is 0.852. The lowest BCUT2D eigenvalue weighted by Gasteiger charge is -2.10. The number of benzene rings is 2. The number of carbonyl (C=O) groups is 1. The van der Waals surface area contributed by atoms with Crippen molar-refractivity contribution in [2.75, 3.05) is 0 Å². The Bertz CT molecular complexity index is 791. The predicted octanol–water partition coefficient (Wildman–Crippen LogP) is 2.58. The average Bonchev–Trinajstić information content (AvgIpc) is 2.77. The number of hydrogen-bond donors (Lipinski definition) is 0. The summed E-state index contributed by atoms with van der Waals surface area (Å²) in [6.45, 7) is 1.84. The molecule has 1 atom stereocenters. The van der Waals surface area contributed by atoms with Crippen LogP contribution in [0, 0.1) is 6.92 Å². The standard InChI is InChI=1S/C16H14O3S/c1-11-5-4-7-13(9-11)20(18,19)15-10-12-6-2-3-8-14(12)16(15)17/h2-9,15H,10H2,1H3. The van der Waals surface area contributed by atoms with Gasteiger partial charge < -0.3 is 0 Å². The van der Waals surface area contributed by atoms with Crippen molar-refractivity contribution in [1.29, 1.82) is 0 Å². The monoisotopic (exact) mass is 286 g/mol. The molecule has 0 aromatic heterocycles. The van der Waals surface area contributed by atoms with Gasteiger partial charge in [0.2, 0.25) is 0 Å². The van der Waals surface area contributed by atoms with Gasteiger partial charge in [-0.15, -0.1) is 0 Å². The molecule has 1 aliphatic rings. The Hall–Kier alpha value is -1.94. The molecule has 20 heavy (non-hydrogen) atoms. The van der Waals surface area contributed by atoms with Crippen molar-refractivity contribution in [1.82, 2.24) is 0 Å². The first-order valence-corrected chi connectivity index (χ1v) is 7.97. The van der Waals surface area contributed by atoms with Gasteiger partial charge in [-0.3, -0.25) is 4.79 Å². The SMILES string of the molecule is Cc1cccc(S(=O)(=O)C2Cc3ccccc3C2=O)c1. The molecule has 0 amide bonds. The zero-order chi connectivity index (χ0) is 14.3. The first-order chi connectivity index (χ1) is 9.50. The van der Waals surface area contributed by atoms with Gasteiger partial charge in [0.15, 0.2) is 15.6 Å². The first kappa shape index (κ1) is 13.1. The van der Waals surface area contributed by atoms with Crippen molar-refractivity contribution < 1.29 is 13.2 Å². The molecular formula is C16H14O3S. The summed E-state index contributed by atoms with van der Waals surface area (Å²) in [7, 11) is -3.63. The number of ketones is 1. The van der Waals surface area contributed by atoms with E-state index in [1.165, 1.54) is 0 Å². The van der Waals surface area contributed by atoms with E-state index in [1.807, 2.05) is 25.1 Å². The zero-order valence-electron chi connectivity index (χ0n) is 11.0. The Labute approximate surface area is 118 Å². The summed E-state index contributed by atoms with van der Waals surface area (Å²) in [4.78, 5) is 12.5.